The summed E-state index contributed by atoms with van der Waals surface area (Å²) in [6, 6.07) is 0. The molecule has 0 aromatic rings. The summed E-state index contributed by atoms with van der Waals surface area (Å²) in [7, 11) is 0. The Balaban J connectivity index is 3.38. The predicted molar refractivity (Wildman–Crippen MR) is 35.1 cm³/mol. The van der Waals surface area contributed by atoms with E-state index in [-0.39, 0.29) is 11.7 Å². The maximum absolute atomic E-state index is 10.7. The Kier molecular flexibility index (Phi) is 3.93. The lowest BCUT2D eigenvalue weighted by Gasteiger charge is -1.98. The molecule has 0 aliphatic carbocycles. The quantitative estimate of drug-likeness (QED) is 0.533. The van der Waals surface area contributed by atoms with Crippen molar-refractivity contribution >= 4 is 12.1 Å². The maximum Gasteiger partial charge on any atom is 0.135 e. The van der Waals surface area contributed by atoms with E-state index >= 15 is 0 Å². The largest absolute Gasteiger partial charge is 0.303 e. The first-order valence-electron chi connectivity index (χ1n) is 3.15. The summed E-state index contributed by atoms with van der Waals surface area (Å²) >= 11 is 0. The minimum atomic E-state index is 0.0740. The number of aldehydes is 1. The highest BCUT2D eigenvalue weighted by Gasteiger charge is 2.04. The van der Waals surface area contributed by atoms with Gasteiger partial charge in [0.05, 0.1) is 0 Å². The number of ketones is 1. The van der Waals surface area contributed by atoms with Gasteiger partial charge in [-0.25, -0.2) is 0 Å². The monoisotopic (exact) mass is 128 g/mol. The van der Waals surface area contributed by atoms with E-state index in [1.165, 1.54) is 0 Å². The molecule has 0 rings (SSSR count). The minimum Gasteiger partial charge on any atom is -0.303 e. The molecular weight excluding hydrogens is 116 g/mol. The smallest absolute Gasteiger partial charge is 0.135 e. The molecule has 0 fully saturated rings. The molecule has 0 saturated heterocycles. The lowest BCUT2D eigenvalue weighted by Crippen LogP contribution is -2.06. The topological polar surface area (TPSA) is 34.1 Å². The lowest BCUT2D eigenvalue weighted by molar-refractivity contribution is -0.123. The number of Topliss-reactive ketones (excluding diaryl/α,β-unsaturated/α-hetero) is 1. The van der Waals surface area contributed by atoms with Crippen molar-refractivity contribution in [1.82, 2.24) is 0 Å². The molecule has 0 amide bonds. The Morgan fingerprint density at radius 3 is 2.44 bits per heavy atom. The van der Waals surface area contributed by atoms with Crippen molar-refractivity contribution in [3.8, 4) is 0 Å². The van der Waals surface area contributed by atoms with Gasteiger partial charge in [-0.05, 0) is 0 Å². The molecule has 9 heavy (non-hydrogen) atoms. The molecule has 0 aromatic carbocycles. The molecule has 0 spiro atoms. The fourth-order valence-corrected chi connectivity index (χ4v) is 0.490. The summed E-state index contributed by atoms with van der Waals surface area (Å²) in [5.74, 6) is 0.243. The van der Waals surface area contributed by atoms with Gasteiger partial charge < -0.3 is 4.79 Å². The molecule has 0 bridgehead atoms. The van der Waals surface area contributed by atoms with Crippen LogP contribution in [-0.2, 0) is 9.59 Å². The second-order valence-corrected chi connectivity index (χ2v) is 2.33. The molecule has 0 aliphatic rings. The van der Waals surface area contributed by atoms with Crippen LogP contribution in [-0.4, -0.2) is 12.1 Å². The molecule has 0 atom stereocenters. The van der Waals surface area contributed by atoms with E-state index in [4.69, 9.17) is 0 Å². The normalized spacial score (nSPS) is 9.67. The van der Waals surface area contributed by atoms with Crippen molar-refractivity contribution in [2.75, 3.05) is 0 Å². The summed E-state index contributed by atoms with van der Waals surface area (Å²) in [5, 5.41) is 0. The Bertz CT molecular complexity index is 105. The van der Waals surface area contributed by atoms with Gasteiger partial charge in [0.25, 0.3) is 0 Å². The number of hydrogen-bond acceptors (Lipinski definition) is 2. The summed E-state index contributed by atoms with van der Waals surface area (Å²) in [6.07, 6.45) is 1.55. The molecule has 0 radical (unpaired) electrons. The number of carbonyl (C=O) groups is 2. The van der Waals surface area contributed by atoms with E-state index in [9.17, 15) is 9.59 Å². The van der Waals surface area contributed by atoms with E-state index in [2.05, 4.69) is 0 Å². The van der Waals surface area contributed by atoms with Gasteiger partial charge in [-0.1, -0.05) is 13.8 Å². The second kappa shape index (κ2) is 4.24. The third-order valence-corrected chi connectivity index (χ3v) is 1.15. The van der Waals surface area contributed by atoms with Gasteiger partial charge in [-0.15, -0.1) is 0 Å². The average Bonchev–Trinajstić information content (AvgIpc) is 1.82. The summed E-state index contributed by atoms with van der Waals surface area (Å²) in [5.41, 5.74) is 0. The van der Waals surface area contributed by atoms with Crippen molar-refractivity contribution < 1.29 is 9.59 Å². The van der Waals surface area contributed by atoms with Crippen molar-refractivity contribution in [2.45, 2.75) is 26.7 Å². The van der Waals surface area contributed by atoms with Gasteiger partial charge in [-0.2, -0.15) is 0 Å². The van der Waals surface area contributed by atoms with Crippen molar-refractivity contribution in [3.63, 3.8) is 0 Å². The zero-order chi connectivity index (χ0) is 7.28. The van der Waals surface area contributed by atoms with Crippen LogP contribution in [0.25, 0.3) is 0 Å². The summed E-state index contributed by atoms with van der Waals surface area (Å²) in [6.45, 7) is 3.68. The third kappa shape index (κ3) is 3.88. The standard InChI is InChI=1S/C7H12O2/c1-6(2)7(9)4-3-5-8/h5-6H,3-4H2,1-2H3. The highest BCUT2D eigenvalue weighted by molar-refractivity contribution is 5.81. The van der Waals surface area contributed by atoms with Crippen LogP contribution in [0.3, 0.4) is 0 Å². The molecule has 0 aromatic heterocycles. The first kappa shape index (κ1) is 8.34. The fourth-order valence-electron chi connectivity index (χ4n) is 0.490. The zero-order valence-corrected chi connectivity index (χ0v) is 5.89. The molecule has 2 heteroatoms. The minimum absolute atomic E-state index is 0.0740. The second-order valence-electron chi connectivity index (χ2n) is 2.33. The van der Waals surface area contributed by atoms with E-state index in [0.717, 1.165) is 6.29 Å². The molecule has 0 heterocycles. The SMILES string of the molecule is CC(C)C(=O)CCC=O. The number of carbonyl (C=O) groups excluding carboxylic acids is 2. The zero-order valence-electron chi connectivity index (χ0n) is 5.89. The average molecular weight is 128 g/mol. The first-order chi connectivity index (χ1) is 4.18. The van der Waals surface area contributed by atoms with E-state index in [1.54, 1.807) is 0 Å². The summed E-state index contributed by atoms with van der Waals surface area (Å²) in [4.78, 5) is 20.5. The Hall–Kier alpha value is -0.660. The molecular formula is C7H12O2. The first-order valence-corrected chi connectivity index (χ1v) is 3.15. The van der Waals surface area contributed by atoms with E-state index < -0.39 is 0 Å². The van der Waals surface area contributed by atoms with Crippen LogP contribution in [0.15, 0.2) is 0 Å². The Labute approximate surface area is 55.3 Å². The van der Waals surface area contributed by atoms with Crippen LogP contribution in [0.2, 0.25) is 0 Å². The van der Waals surface area contributed by atoms with Crippen molar-refractivity contribution in [2.24, 2.45) is 5.92 Å². The Morgan fingerprint density at radius 1 is 1.56 bits per heavy atom. The van der Waals surface area contributed by atoms with Crippen LogP contribution in [0.4, 0.5) is 0 Å². The molecule has 0 aliphatic heterocycles. The lowest BCUT2D eigenvalue weighted by atomic mass is 10.1. The Morgan fingerprint density at radius 2 is 2.11 bits per heavy atom. The highest BCUT2D eigenvalue weighted by Crippen LogP contribution is 1.99. The maximum atomic E-state index is 10.7. The van der Waals surface area contributed by atoms with Crippen molar-refractivity contribution in [1.29, 1.82) is 0 Å². The molecule has 2 nitrogen and oxygen atoms in total. The van der Waals surface area contributed by atoms with E-state index in [1.807, 2.05) is 13.8 Å². The van der Waals surface area contributed by atoms with Gasteiger partial charge >= 0.3 is 0 Å². The molecule has 0 N–H and O–H groups in total. The van der Waals surface area contributed by atoms with Crippen molar-refractivity contribution in [3.05, 3.63) is 0 Å². The van der Waals surface area contributed by atoms with Gasteiger partial charge in [0, 0.05) is 18.8 Å². The highest BCUT2D eigenvalue weighted by atomic mass is 16.1. The third-order valence-electron chi connectivity index (χ3n) is 1.15. The van der Waals surface area contributed by atoms with E-state index in [0.29, 0.717) is 12.8 Å². The summed E-state index contributed by atoms with van der Waals surface area (Å²) < 4.78 is 0. The fraction of sp³-hybridized carbons (Fsp3) is 0.714. The van der Waals surface area contributed by atoms with Crippen LogP contribution in [0.1, 0.15) is 26.7 Å². The van der Waals surface area contributed by atoms with Gasteiger partial charge in [0.15, 0.2) is 0 Å². The molecule has 0 unspecified atom stereocenters. The van der Waals surface area contributed by atoms with Crippen LogP contribution < -0.4 is 0 Å². The van der Waals surface area contributed by atoms with Crippen LogP contribution >= 0.6 is 0 Å². The van der Waals surface area contributed by atoms with Gasteiger partial charge in [-0.3, -0.25) is 4.79 Å². The van der Waals surface area contributed by atoms with Gasteiger partial charge in [0.2, 0.25) is 0 Å². The predicted octanol–water partition coefficient (Wildman–Crippen LogP) is 1.19. The van der Waals surface area contributed by atoms with Crippen LogP contribution in [0.5, 0.6) is 0 Å². The number of rotatable bonds is 4. The molecule has 0 saturated carbocycles. The van der Waals surface area contributed by atoms with Crippen LogP contribution in [0, 0.1) is 5.92 Å². The molecule has 52 valence electrons. The number of hydrogen-bond donors (Lipinski definition) is 0. The van der Waals surface area contributed by atoms with Gasteiger partial charge in [0.1, 0.15) is 12.1 Å².